The number of rotatable bonds is 6. The molecule has 1 aromatic carbocycles. The number of hydrogen-bond donors (Lipinski definition) is 1. The zero-order chi connectivity index (χ0) is 15.2. The van der Waals surface area contributed by atoms with Gasteiger partial charge in [-0.25, -0.2) is 9.37 Å². The molecule has 21 heavy (non-hydrogen) atoms. The second-order valence-electron chi connectivity index (χ2n) is 4.86. The van der Waals surface area contributed by atoms with E-state index in [2.05, 4.69) is 10.3 Å². The fourth-order valence-corrected chi connectivity index (χ4v) is 2.17. The predicted molar refractivity (Wildman–Crippen MR) is 85.1 cm³/mol. The highest BCUT2D eigenvalue weighted by molar-refractivity contribution is 6.31. The van der Waals surface area contributed by atoms with Crippen LogP contribution >= 0.6 is 11.6 Å². The molecule has 0 saturated heterocycles. The lowest BCUT2D eigenvalue weighted by Gasteiger charge is -2.19. The van der Waals surface area contributed by atoms with Gasteiger partial charge in [-0.3, -0.25) is 0 Å². The first-order valence-electron chi connectivity index (χ1n) is 6.92. The Morgan fingerprint density at radius 1 is 1.19 bits per heavy atom. The molecule has 3 nitrogen and oxygen atoms in total. The number of aromatic nitrogens is 1. The molecule has 1 heterocycles. The van der Waals surface area contributed by atoms with Gasteiger partial charge in [0.25, 0.3) is 0 Å². The molecule has 112 valence electrons. The molecular weight excluding hydrogens is 289 g/mol. The lowest BCUT2D eigenvalue weighted by molar-refractivity contribution is 0.627. The van der Waals surface area contributed by atoms with Crippen molar-refractivity contribution in [2.75, 3.05) is 18.5 Å². The van der Waals surface area contributed by atoms with Crippen LogP contribution in [0.5, 0.6) is 0 Å². The number of nitrogens with zero attached hydrogens (tertiary/aromatic N) is 2. The molecule has 1 N–H and O–H groups in total. The van der Waals surface area contributed by atoms with Gasteiger partial charge >= 0.3 is 0 Å². The summed E-state index contributed by atoms with van der Waals surface area (Å²) in [5.41, 5.74) is 1.87. The van der Waals surface area contributed by atoms with Gasteiger partial charge in [0.15, 0.2) is 0 Å². The van der Waals surface area contributed by atoms with Crippen molar-refractivity contribution < 1.29 is 4.39 Å². The van der Waals surface area contributed by atoms with E-state index in [-0.39, 0.29) is 5.82 Å². The van der Waals surface area contributed by atoms with E-state index in [0.29, 0.717) is 18.1 Å². The molecule has 0 bridgehead atoms. The number of nitrogens with one attached hydrogen (secondary N) is 1. The van der Waals surface area contributed by atoms with E-state index in [9.17, 15) is 4.39 Å². The van der Waals surface area contributed by atoms with Crippen LogP contribution in [0.25, 0.3) is 0 Å². The van der Waals surface area contributed by atoms with Gasteiger partial charge in [0, 0.05) is 20.1 Å². The van der Waals surface area contributed by atoms with Crippen LogP contribution in [0.4, 0.5) is 10.2 Å². The standard InChI is InChI=1S/C16H19ClFN3/c1-3-19-10-15-14(17)8-9-16(20-15)21(2)11-12-4-6-13(18)7-5-12/h4-9,19H,3,10-11H2,1-2H3. The summed E-state index contributed by atoms with van der Waals surface area (Å²) >= 11 is 6.15. The molecule has 0 spiro atoms. The topological polar surface area (TPSA) is 28.2 Å². The van der Waals surface area contributed by atoms with Crippen LogP contribution in [-0.4, -0.2) is 18.6 Å². The first kappa shape index (κ1) is 15.7. The Hall–Kier alpha value is -1.65. The van der Waals surface area contributed by atoms with Crippen LogP contribution in [0.2, 0.25) is 5.02 Å². The van der Waals surface area contributed by atoms with E-state index in [1.165, 1.54) is 12.1 Å². The third-order valence-corrected chi connectivity index (χ3v) is 3.51. The van der Waals surface area contributed by atoms with Gasteiger partial charge in [0.1, 0.15) is 11.6 Å². The maximum absolute atomic E-state index is 12.9. The van der Waals surface area contributed by atoms with Crippen molar-refractivity contribution in [2.45, 2.75) is 20.0 Å². The van der Waals surface area contributed by atoms with Crippen LogP contribution in [0.1, 0.15) is 18.2 Å². The number of anilines is 1. The molecule has 5 heteroatoms. The zero-order valence-corrected chi connectivity index (χ0v) is 13.0. The van der Waals surface area contributed by atoms with E-state index < -0.39 is 0 Å². The lowest BCUT2D eigenvalue weighted by atomic mass is 10.2. The molecule has 0 aliphatic heterocycles. The molecule has 0 unspecified atom stereocenters. The van der Waals surface area contributed by atoms with Crippen LogP contribution in [0.15, 0.2) is 36.4 Å². The largest absolute Gasteiger partial charge is 0.355 e. The minimum Gasteiger partial charge on any atom is -0.355 e. The second-order valence-corrected chi connectivity index (χ2v) is 5.27. The van der Waals surface area contributed by atoms with Crippen LogP contribution in [0, 0.1) is 5.82 Å². The van der Waals surface area contributed by atoms with Crippen molar-refractivity contribution in [2.24, 2.45) is 0 Å². The van der Waals surface area contributed by atoms with E-state index >= 15 is 0 Å². The minimum atomic E-state index is -0.223. The quantitative estimate of drug-likeness (QED) is 0.883. The van der Waals surface area contributed by atoms with Crippen LogP contribution in [0.3, 0.4) is 0 Å². The highest BCUT2D eigenvalue weighted by Gasteiger charge is 2.08. The molecule has 0 radical (unpaired) electrons. The monoisotopic (exact) mass is 307 g/mol. The fraction of sp³-hybridized carbons (Fsp3) is 0.312. The summed E-state index contributed by atoms with van der Waals surface area (Å²) in [6.45, 7) is 4.22. The number of benzene rings is 1. The Morgan fingerprint density at radius 3 is 2.57 bits per heavy atom. The van der Waals surface area contributed by atoms with E-state index in [0.717, 1.165) is 23.6 Å². The average Bonchev–Trinajstić information content (AvgIpc) is 2.48. The molecule has 2 rings (SSSR count). The fourth-order valence-electron chi connectivity index (χ4n) is 2.00. The Labute approximate surface area is 129 Å². The van der Waals surface area contributed by atoms with Crippen LogP contribution in [-0.2, 0) is 13.1 Å². The maximum Gasteiger partial charge on any atom is 0.129 e. The molecule has 2 aromatic rings. The van der Waals surface area contributed by atoms with Gasteiger partial charge in [0.2, 0.25) is 0 Å². The highest BCUT2D eigenvalue weighted by Crippen LogP contribution is 2.20. The molecule has 0 aliphatic carbocycles. The molecule has 0 saturated carbocycles. The van der Waals surface area contributed by atoms with Crippen molar-refractivity contribution in [3.8, 4) is 0 Å². The summed E-state index contributed by atoms with van der Waals surface area (Å²) in [6, 6.07) is 10.2. The SMILES string of the molecule is CCNCc1nc(N(C)Cc2ccc(F)cc2)ccc1Cl. The second kappa shape index (κ2) is 7.38. The molecule has 0 aliphatic rings. The third kappa shape index (κ3) is 4.41. The van der Waals surface area contributed by atoms with E-state index in [4.69, 9.17) is 11.6 Å². The Bertz CT molecular complexity index is 587. The molecular formula is C16H19ClFN3. The summed E-state index contributed by atoms with van der Waals surface area (Å²) < 4.78 is 12.9. The van der Waals surface area contributed by atoms with Crippen LogP contribution < -0.4 is 10.2 Å². The average molecular weight is 308 g/mol. The Balaban J connectivity index is 2.11. The first-order chi connectivity index (χ1) is 10.1. The Kier molecular flexibility index (Phi) is 5.53. The minimum absolute atomic E-state index is 0.223. The highest BCUT2D eigenvalue weighted by atomic mass is 35.5. The summed E-state index contributed by atoms with van der Waals surface area (Å²) in [5.74, 6) is 0.621. The van der Waals surface area contributed by atoms with Gasteiger partial charge in [0.05, 0.1) is 10.7 Å². The van der Waals surface area contributed by atoms with Gasteiger partial charge < -0.3 is 10.2 Å². The Morgan fingerprint density at radius 2 is 1.90 bits per heavy atom. The van der Waals surface area contributed by atoms with Gasteiger partial charge in [-0.05, 0) is 36.4 Å². The molecule has 0 fully saturated rings. The summed E-state index contributed by atoms with van der Waals surface area (Å²) in [7, 11) is 1.95. The maximum atomic E-state index is 12.9. The number of pyridine rings is 1. The molecule has 0 amide bonds. The van der Waals surface area contributed by atoms with Gasteiger partial charge in [-0.15, -0.1) is 0 Å². The first-order valence-corrected chi connectivity index (χ1v) is 7.29. The summed E-state index contributed by atoms with van der Waals surface area (Å²) in [4.78, 5) is 6.59. The smallest absolute Gasteiger partial charge is 0.129 e. The van der Waals surface area contributed by atoms with E-state index in [1.54, 1.807) is 12.1 Å². The van der Waals surface area contributed by atoms with Gasteiger partial charge in [-0.2, -0.15) is 0 Å². The number of hydrogen-bond acceptors (Lipinski definition) is 3. The van der Waals surface area contributed by atoms with Crippen molar-refractivity contribution in [1.82, 2.24) is 10.3 Å². The van der Waals surface area contributed by atoms with Crippen molar-refractivity contribution in [3.05, 3.63) is 58.5 Å². The lowest BCUT2D eigenvalue weighted by Crippen LogP contribution is -2.19. The van der Waals surface area contributed by atoms with Crippen molar-refractivity contribution in [3.63, 3.8) is 0 Å². The molecule has 0 atom stereocenters. The van der Waals surface area contributed by atoms with E-state index in [1.807, 2.05) is 31.0 Å². The van der Waals surface area contributed by atoms with Crippen molar-refractivity contribution >= 4 is 17.4 Å². The normalized spacial score (nSPS) is 10.7. The number of halogens is 2. The van der Waals surface area contributed by atoms with Crippen molar-refractivity contribution in [1.29, 1.82) is 0 Å². The zero-order valence-electron chi connectivity index (χ0n) is 12.2. The predicted octanol–water partition coefficient (Wildman–Crippen LogP) is 3.62. The summed E-state index contributed by atoms with van der Waals surface area (Å²) in [5, 5.41) is 3.88. The third-order valence-electron chi connectivity index (χ3n) is 3.17. The van der Waals surface area contributed by atoms with Gasteiger partial charge in [-0.1, -0.05) is 30.7 Å². The molecule has 1 aromatic heterocycles. The summed E-state index contributed by atoms with van der Waals surface area (Å²) in [6.07, 6.45) is 0.